The van der Waals surface area contributed by atoms with E-state index in [1.807, 2.05) is 0 Å². The van der Waals surface area contributed by atoms with Crippen molar-refractivity contribution in [1.82, 2.24) is 0 Å². The van der Waals surface area contributed by atoms with Crippen LogP contribution in [0.2, 0.25) is 5.31 Å². The fourth-order valence-corrected chi connectivity index (χ4v) is 0.0750. The summed E-state index contributed by atoms with van der Waals surface area (Å²) in [6.07, 6.45) is 0. The molecule has 3 nitrogen and oxygen atoms in total. The van der Waals surface area contributed by atoms with Gasteiger partial charge in [0, 0.05) is 0 Å². The average Bonchev–Trinajstić information content (AvgIpc) is 1.87. The van der Waals surface area contributed by atoms with Crippen LogP contribution in [0.15, 0.2) is 0 Å². The minimum absolute atomic E-state index is 1.27. The summed E-state index contributed by atoms with van der Waals surface area (Å²) in [7, 11) is 1.27. The molecule has 0 saturated heterocycles. The molecule has 0 N–H and O–H groups in total. The molecule has 0 heterocycles. The highest BCUT2D eigenvalue weighted by Crippen LogP contribution is 2.14. The maximum absolute atomic E-state index is 8.09. The quantitative estimate of drug-likeness (QED) is 0.382. The number of nitriles is 3. The third kappa shape index (κ3) is 0.998. The molecule has 36 valence electrons. The number of rotatable bonds is 0. The van der Waals surface area contributed by atoms with E-state index in [2.05, 4.69) is 0 Å². The first kappa shape index (κ1) is 6.53. The first-order valence-electron chi connectivity index (χ1n) is 1.92. The maximum atomic E-state index is 8.09. The molecule has 0 spiro atoms. The molecular formula is C4H2BN3. The molecular weight excluding hydrogens is 101 g/mol. The Hall–Kier alpha value is -1.47. The summed E-state index contributed by atoms with van der Waals surface area (Å²) >= 11 is 0. The Bertz CT molecular complexity index is 165. The van der Waals surface area contributed by atoms with E-state index in [4.69, 9.17) is 15.8 Å². The Morgan fingerprint density at radius 1 is 1.00 bits per heavy atom. The SMILES string of the molecule is BC(C#N)(C#N)C#N. The van der Waals surface area contributed by atoms with Gasteiger partial charge in [-0.3, -0.25) is 0 Å². The summed E-state index contributed by atoms with van der Waals surface area (Å²) in [6, 6.07) is 4.67. The van der Waals surface area contributed by atoms with Crippen LogP contribution < -0.4 is 0 Å². The third-order valence-electron chi connectivity index (χ3n) is 0.671. The van der Waals surface area contributed by atoms with Crippen molar-refractivity contribution in [1.29, 1.82) is 15.8 Å². The molecule has 0 unspecified atom stereocenters. The first-order valence-corrected chi connectivity index (χ1v) is 1.92. The van der Waals surface area contributed by atoms with Gasteiger partial charge in [-0.2, -0.15) is 15.8 Å². The molecule has 0 saturated carbocycles. The van der Waals surface area contributed by atoms with Crippen molar-refractivity contribution >= 4 is 7.85 Å². The molecule has 8 heavy (non-hydrogen) atoms. The molecule has 0 aliphatic heterocycles. The van der Waals surface area contributed by atoms with Crippen LogP contribution in [-0.4, -0.2) is 7.85 Å². The van der Waals surface area contributed by atoms with E-state index >= 15 is 0 Å². The Kier molecular flexibility index (Phi) is 1.64. The summed E-state index contributed by atoms with van der Waals surface area (Å²) in [5.74, 6) is 0. The van der Waals surface area contributed by atoms with Crippen molar-refractivity contribution in [3.8, 4) is 18.2 Å². The lowest BCUT2D eigenvalue weighted by atomic mass is 9.73. The Balaban J connectivity index is 4.42. The van der Waals surface area contributed by atoms with E-state index in [1.54, 1.807) is 18.2 Å². The van der Waals surface area contributed by atoms with Gasteiger partial charge in [-0.05, 0) is 0 Å². The molecule has 0 atom stereocenters. The highest BCUT2D eigenvalue weighted by Gasteiger charge is 2.20. The van der Waals surface area contributed by atoms with Crippen LogP contribution in [0.3, 0.4) is 0 Å². The molecule has 4 heteroatoms. The Morgan fingerprint density at radius 2 is 1.25 bits per heavy atom. The lowest BCUT2D eigenvalue weighted by Crippen LogP contribution is -2.01. The minimum Gasteiger partial charge on any atom is -0.196 e. The minimum atomic E-state index is -1.46. The van der Waals surface area contributed by atoms with E-state index in [1.165, 1.54) is 7.85 Å². The van der Waals surface area contributed by atoms with E-state index < -0.39 is 5.31 Å². The van der Waals surface area contributed by atoms with Gasteiger partial charge in [-0.25, -0.2) is 0 Å². The molecule has 0 fully saturated rings. The van der Waals surface area contributed by atoms with E-state index in [0.29, 0.717) is 0 Å². The molecule has 0 aliphatic rings. The van der Waals surface area contributed by atoms with Crippen LogP contribution in [0.1, 0.15) is 0 Å². The molecule has 0 aromatic rings. The van der Waals surface area contributed by atoms with Crippen LogP contribution in [-0.2, 0) is 0 Å². The number of hydrogen-bond acceptors (Lipinski definition) is 3. The predicted molar refractivity (Wildman–Crippen MR) is 28.1 cm³/mol. The molecule has 0 aromatic heterocycles. The number of nitrogens with zero attached hydrogens (tertiary/aromatic N) is 3. The number of hydrogen-bond donors (Lipinski definition) is 0. The van der Waals surface area contributed by atoms with Gasteiger partial charge in [-0.1, -0.05) is 0 Å². The Morgan fingerprint density at radius 3 is 1.25 bits per heavy atom. The Labute approximate surface area is 48.2 Å². The van der Waals surface area contributed by atoms with E-state index in [9.17, 15) is 0 Å². The van der Waals surface area contributed by atoms with Gasteiger partial charge in [0.15, 0.2) is 13.2 Å². The summed E-state index contributed by atoms with van der Waals surface area (Å²) in [4.78, 5) is 0. The van der Waals surface area contributed by atoms with Gasteiger partial charge >= 0.3 is 0 Å². The van der Waals surface area contributed by atoms with Crippen LogP contribution in [0.4, 0.5) is 0 Å². The first-order chi connectivity index (χ1) is 3.68. The molecule has 0 amide bonds. The normalized spacial score (nSPS) is 8.12. The highest BCUT2D eigenvalue weighted by molar-refractivity contribution is 6.21. The fraction of sp³-hybridized carbons (Fsp3) is 0.250. The fourth-order valence-electron chi connectivity index (χ4n) is 0.0750. The van der Waals surface area contributed by atoms with Gasteiger partial charge < -0.3 is 0 Å². The second kappa shape index (κ2) is 2.00. The van der Waals surface area contributed by atoms with Crippen molar-refractivity contribution in [3.05, 3.63) is 0 Å². The highest BCUT2D eigenvalue weighted by atomic mass is 14.4. The van der Waals surface area contributed by atoms with Crippen LogP contribution in [0, 0.1) is 34.0 Å². The van der Waals surface area contributed by atoms with Crippen LogP contribution >= 0.6 is 0 Å². The third-order valence-corrected chi connectivity index (χ3v) is 0.671. The molecule has 0 aromatic carbocycles. The molecule has 0 aliphatic carbocycles. The monoisotopic (exact) mass is 103 g/mol. The van der Waals surface area contributed by atoms with Gasteiger partial charge in [-0.15, -0.1) is 0 Å². The van der Waals surface area contributed by atoms with Crippen molar-refractivity contribution in [2.75, 3.05) is 0 Å². The standard InChI is InChI=1S/C4H2BN3/c5-4(1-6,2-7)3-8/h5H2. The summed E-state index contributed by atoms with van der Waals surface area (Å²) in [5, 5.41) is 22.8. The summed E-state index contributed by atoms with van der Waals surface area (Å²) in [6.45, 7) is 0. The average molecular weight is 103 g/mol. The largest absolute Gasteiger partial charge is 0.196 e. The lowest BCUT2D eigenvalue weighted by molar-refractivity contribution is 1.12. The van der Waals surface area contributed by atoms with Crippen molar-refractivity contribution in [2.24, 2.45) is 0 Å². The molecule has 0 bridgehead atoms. The van der Waals surface area contributed by atoms with Crippen molar-refractivity contribution in [3.63, 3.8) is 0 Å². The summed E-state index contributed by atoms with van der Waals surface area (Å²) in [5.41, 5.74) is 0. The van der Waals surface area contributed by atoms with Gasteiger partial charge in [0.05, 0.1) is 18.2 Å². The second-order valence-electron chi connectivity index (χ2n) is 1.46. The van der Waals surface area contributed by atoms with E-state index in [0.717, 1.165) is 0 Å². The maximum Gasteiger partial charge on any atom is 0.191 e. The van der Waals surface area contributed by atoms with Crippen molar-refractivity contribution < 1.29 is 0 Å². The lowest BCUT2D eigenvalue weighted by Gasteiger charge is -1.93. The zero-order valence-corrected chi connectivity index (χ0v) is 4.34. The van der Waals surface area contributed by atoms with Gasteiger partial charge in [0.1, 0.15) is 0 Å². The molecule has 0 rings (SSSR count). The second-order valence-corrected chi connectivity index (χ2v) is 1.46. The van der Waals surface area contributed by atoms with Crippen LogP contribution in [0.25, 0.3) is 0 Å². The van der Waals surface area contributed by atoms with Gasteiger partial charge in [0.2, 0.25) is 0 Å². The topological polar surface area (TPSA) is 71.4 Å². The predicted octanol–water partition coefficient (Wildman–Crippen LogP) is -0.651. The zero-order valence-electron chi connectivity index (χ0n) is 4.34. The van der Waals surface area contributed by atoms with E-state index in [-0.39, 0.29) is 0 Å². The van der Waals surface area contributed by atoms with Gasteiger partial charge in [0.25, 0.3) is 0 Å². The molecule has 0 radical (unpaired) electrons. The summed E-state index contributed by atoms with van der Waals surface area (Å²) < 4.78 is 0. The van der Waals surface area contributed by atoms with Crippen molar-refractivity contribution in [2.45, 2.75) is 5.31 Å². The smallest absolute Gasteiger partial charge is 0.191 e. The van der Waals surface area contributed by atoms with Crippen LogP contribution in [0.5, 0.6) is 0 Å². The zero-order chi connectivity index (χ0) is 6.62.